The highest BCUT2D eigenvalue weighted by Crippen LogP contribution is 2.18. The van der Waals surface area contributed by atoms with Gasteiger partial charge in [-0.2, -0.15) is 5.10 Å². The van der Waals surface area contributed by atoms with Gasteiger partial charge in [0, 0.05) is 17.2 Å². The molecule has 112 valence electrons. The van der Waals surface area contributed by atoms with Crippen LogP contribution in [0.1, 0.15) is 21.5 Å². The molecule has 0 spiro atoms. The number of nitrogens with one attached hydrogen (secondary N) is 1. The highest BCUT2D eigenvalue weighted by atomic mass is 16.6. The molecular formula is C15H13N3O4. The number of aromatic hydroxyl groups is 1. The van der Waals surface area contributed by atoms with Crippen LogP contribution in [-0.4, -0.2) is 22.2 Å². The average molecular weight is 299 g/mol. The van der Waals surface area contributed by atoms with E-state index in [9.17, 15) is 14.9 Å². The zero-order chi connectivity index (χ0) is 16.1. The Labute approximate surface area is 126 Å². The van der Waals surface area contributed by atoms with Gasteiger partial charge in [-0.3, -0.25) is 14.9 Å². The van der Waals surface area contributed by atoms with Crippen LogP contribution in [0.2, 0.25) is 0 Å². The van der Waals surface area contributed by atoms with E-state index >= 15 is 0 Å². The van der Waals surface area contributed by atoms with E-state index in [1.54, 1.807) is 19.1 Å². The third-order valence-corrected chi connectivity index (χ3v) is 2.93. The molecule has 2 aromatic rings. The molecule has 2 N–H and O–H groups in total. The fraction of sp³-hybridized carbons (Fsp3) is 0.0667. The number of nitro benzene ring substituents is 1. The lowest BCUT2D eigenvalue weighted by atomic mass is 10.1. The molecule has 7 nitrogen and oxygen atoms in total. The maximum atomic E-state index is 11.9. The molecule has 0 heterocycles. The predicted molar refractivity (Wildman–Crippen MR) is 81.0 cm³/mol. The summed E-state index contributed by atoms with van der Waals surface area (Å²) < 4.78 is 0. The van der Waals surface area contributed by atoms with E-state index in [0.717, 1.165) is 0 Å². The van der Waals surface area contributed by atoms with Crippen molar-refractivity contribution in [3.63, 3.8) is 0 Å². The summed E-state index contributed by atoms with van der Waals surface area (Å²) in [4.78, 5) is 22.1. The molecule has 0 saturated heterocycles. The molecule has 2 rings (SSSR count). The molecule has 0 atom stereocenters. The fourth-order valence-corrected chi connectivity index (χ4v) is 1.79. The summed E-state index contributed by atoms with van der Waals surface area (Å²) in [6.07, 6.45) is 1.43. The number of nitrogens with zero attached hydrogens (tertiary/aromatic N) is 2. The average Bonchev–Trinajstić information content (AvgIpc) is 2.48. The maximum Gasteiger partial charge on any atom is 0.272 e. The molecule has 0 aliphatic rings. The van der Waals surface area contributed by atoms with E-state index < -0.39 is 10.8 Å². The van der Waals surface area contributed by atoms with Crippen LogP contribution < -0.4 is 5.43 Å². The number of nitro groups is 1. The van der Waals surface area contributed by atoms with E-state index in [0.29, 0.717) is 11.1 Å². The van der Waals surface area contributed by atoms with Crippen LogP contribution in [0.25, 0.3) is 0 Å². The molecule has 0 bridgehead atoms. The minimum atomic E-state index is -0.500. The first-order chi connectivity index (χ1) is 10.5. The Morgan fingerprint density at radius 2 is 1.95 bits per heavy atom. The lowest BCUT2D eigenvalue weighted by Gasteiger charge is -2.02. The third kappa shape index (κ3) is 3.66. The Hall–Kier alpha value is -3.22. The van der Waals surface area contributed by atoms with Crippen molar-refractivity contribution in [2.45, 2.75) is 6.92 Å². The van der Waals surface area contributed by atoms with E-state index in [4.69, 9.17) is 5.11 Å². The number of benzene rings is 2. The monoisotopic (exact) mass is 299 g/mol. The second-order valence-corrected chi connectivity index (χ2v) is 4.55. The number of hydrogen-bond acceptors (Lipinski definition) is 5. The second kappa shape index (κ2) is 6.49. The summed E-state index contributed by atoms with van der Waals surface area (Å²) >= 11 is 0. The van der Waals surface area contributed by atoms with E-state index in [-0.39, 0.29) is 17.0 Å². The van der Waals surface area contributed by atoms with Crippen LogP contribution in [-0.2, 0) is 0 Å². The standard InChI is InChI=1S/C15H13N3O4/c1-10-8-12(4-7-14(10)18(21)22)15(20)17-16-9-11-2-5-13(19)6-3-11/h2-9,19H,1H3,(H,17,20)/b16-9+. The van der Waals surface area contributed by atoms with Gasteiger partial charge in [-0.1, -0.05) is 0 Å². The number of phenols is 1. The van der Waals surface area contributed by atoms with Gasteiger partial charge in [-0.15, -0.1) is 0 Å². The van der Waals surface area contributed by atoms with Crippen LogP contribution in [0.4, 0.5) is 5.69 Å². The molecule has 7 heteroatoms. The number of phenolic OH excluding ortho intramolecular Hbond substituents is 1. The van der Waals surface area contributed by atoms with E-state index in [1.807, 2.05) is 0 Å². The highest BCUT2D eigenvalue weighted by molar-refractivity contribution is 5.95. The van der Waals surface area contributed by atoms with Gasteiger partial charge < -0.3 is 5.11 Å². The second-order valence-electron chi connectivity index (χ2n) is 4.55. The zero-order valence-electron chi connectivity index (χ0n) is 11.7. The Bertz CT molecular complexity index is 739. The van der Waals surface area contributed by atoms with Crippen LogP contribution in [0.3, 0.4) is 0 Å². The number of hydrogen-bond donors (Lipinski definition) is 2. The van der Waals surface area contributed by atoms with Crippen molar-refractivity contribution in [3.8, 4) is 5.75 Å². The van der Waals surface area contributed by atoms with Crippen LogP contribution >= 0.6 is 0 Å². The zero-order valence-corrected chi connectivity index (χ0v) is 11.7. The predicted octanol–water partition coefficient (Wildman–Crippen LogP) is 2.37. The van der Waals surface area contributed by atoms with Gasteiger partial charge in [-0.05, 0) is 48.9 Å². The van der Waals surface area contributed by atoms with Gasteiger partial charge in [-0.25, -0.2) is 5.43 Å². The topological polar surface area (TPSA) is 105 Å². The minimum Gasteiger partial charge on any atom is -0.508 e. The molecule has 0 saturated carbocycles. The Morgan fingerprint density at radius 3 is 2.55 bits per heavy atom. The summed E-state index contributed by atoms with van der Waals surface area (Å²) in [7, 11) is 0. The molecule has 2 aromatic carbocycles. The Balaban J connectivity index is 2.04. The van der Waals surface area contributed by atoms with Crippen LogP contribution in [0.15, 0.2) is 47.6 Å². The van der Waals surface area contributed by atoms with Gasteiger partial charge in [0.05, 0.1) is 11.1 Å². The quantitative estimate of drug-likeness (QED) is 0.513. The molecular weight excluding hydrogens is 286 g/mol. The van der Waals surface area contributed by atoms with Crippen molar-refractivity contribution in [1.29, 1.82) is 0 Å². The molecule has 0 fully saturated rings. The fourth-order valence-electron chi connectivity index (χ4n) is 1.79. The number of rotatable bonds is 4. The van der Waals surface area contributed by atoms with Gasteiger partial charge in [0.1, 0.15) is 5.75 Å². The van der Waals surface area contributed by atoms with Crippen LogP contribution in [0, 0.1) is 17.0 Å². The largest absolute Gasteiger partial charge is 0.508 e. The molecule has 0 aromatic heterocycles. The first-order valence-corrected chi connectivity index (χ1v) is 6.35. The van der Waals surface area contributed by atoms with Gasteiger partial charge in [0.25, 0.3) is 11.6 Å². The molecule has 1 amide bonds. The van der Waals surface area contributed by atoms with Gasteiger partial charge in [0.15, 0.2) is 0 Å². The lowest BCUT2D eigenvalue weighted by molar-refractivity contribution is -0.385. The SMILES string of the molecule is Cc1cc(C(=O)N/N=C/c2ccc(O)cc2)ccc1[N+](=O)[O-]. The Morgan fingerprint density at radius 1 is 1.27 bits per heavy atom. The Kier molecular flexibility index (Phi) is 4.47. The van der Waals surface area contributed by atoms with Crippen molar-refractivity contribution in [2.24, 2.45) is 5.10 Å². The molecule has 0 radical (unpaired) electrons. The van der Waals surface area contributed by atoms with E-state index in [2.05, 4.69) is 10.5 Å². The summed E-state index contributed by atoms with van der Waals surface area (Å²) in [6, 6.07) is 10.4. The highest BCUT2D eigenvalue weighted by Gasteiger charge is 2.13. The molecule has 0 aliphatic heterocycles. The van der Waals surface area contributed by atoms with Gasteiger partial charge in [0.2, 0.25) is 0 Å². The first kappa shape index (κ1) is 15.2. The van der Waals surface area contributed by atoms with Crippen LogP contribution in [0.5, 0.6) is 5.75 Å². The molecule has 0 aliphatic carbocycles. The molecule has 22 heavy (non-hydrogen) atoms. The lowest BCUT2D eigenvalue weighted by Crippen LogP contribution is -2.17. The number of amides is 1. The number of aryl methyl sites for hydroxylation is 1. The van der Waals surface area contributed by atoms with Crippen molar-refractivity contribution in [3.05, 3.63) is 69.3 Å². The van der Waals surface area contributed by atoms with Gasteiger partial charge >= 0.3 is 0 Å². The normalized spacial score (nSPS) is 10.6. The molecule has 0 unspecified atom stereocenters. The summed E-state index contributed by atoms with van der Waals surface area (Å²) in [5, 5.41) is 23.7. The van der Waals surface area contributed by atoms with Crippen molar-refractivity contribution in [2.75, 3.05) is 0 Å². The van der Waals surface area contributed by atoms with E-state index in [1.165, 1.54) is 36.5 Å². The smallest absolute Gasteiger partial charge is 0.272 e. The number of carbonyl (C=O) groups excluding carboxylic acids is 1. The summed E-state index contributed by atoms with van der Waals surface area (Å²) in [5.74, 6) is -0.324. The maximum absolute atomic E-state index is 11.9. The third-order valence-electron chi connectivity index (χ3n) is 2.93. The van der Waals surface area contributed by atoms with Crippen molar-refractivity contribution >= 4 is 17.8 Å². The summed E-state index contributed by atoms with van der Waals surface area (Å²) in [6.45, 7) is 1.56. The number of hydrazone groups is 1. The minimum absolute atomic E-state index is 0.0378. The summed E-state index contributed by atoms with van der Waals surface area (Å²) in [5.41, 5.74) is 3.69. The van der Waals surface area contributed by atoms with Crippen molar-refractivity contribution in [1.82, 2.24) is 5.43 Å². The first-order valence-electron chi connectivity index (χ1n) is 6.35. The van der Waals surface area contributed by atoms with Crippen molar-refractivity contribution < 1.29 is 14.8 Å². The number of carbonyl (C=O) groups is 1.